The Labute approximate surface area is 218 Å². The van der Waals surface area contributed by atoms with Gasteiger partial charge in [-0.05, 0) is 48.6 Å². The summed E-state index contributed by atoms with van der Waals surface area (Å²) < 4.78 is 64.1. The normalized spacial score (nSPS) is 15.0. The molecule has 1 saturated heterocycles. The molecular formula is C25H31ClF4N2O3S. The van der Waals surface area contributed by atoms with Gasteiger partial charge in [0.1, 0.15) is 23.4 Å². The van der Waals surface area contributed by atoms with Crippen molar-refractivity contribution in [1.82, 2.24) is 4.72 Å². The van der Waals surface area contributed by atoms with Gasteiger partial charge in [-0.15, -0.1) is 13.2 Å². The molecule has 1 N–H and O–H groups in total. The first kappa shape index (κ1) is 29.9. The summed E-state index contributed by atoms with van der Waals surface area (Å²) in [5.74, 6) is -0.955. The fourth-order valence-corrected chi connectivity index (χ4v) is 4.01. The van der Waals surface area contributed by atoms with E-state index in [1.165, 1.54) is 18.2 Å². The van der Waals surface area contributed by atoms with Crippen molar-refractivity contribution in [3.05, 3.63) is 52.3 Å². The molecule has 0 aromatic heterocycles. The van der Waals surface area contributed by atoms with Crippen molar-refractivity contribution in [1.29, 1.82) is 0 Å². The molecule has 36 heavy (non-hydrogen) atoms. The Morgan fingerprint density at radius 1 is 1.08 bits per heavy atom. The lowest BCUT2D eigenvalue weighted by Gasteiger charge is -2.41. The van der Waals surface area contributed by atoms with Crippen LogP contribution in [-0.4, -0.2) is 37.7 Å². The zero-order valence-corrected chi connectivity index (χ0v) is 22.4. The molecular weight excluding hydrogens is 520 g/mol. The maximum absolute atomic E-state index is 14.5. The van der Waals surface area contributed by atoms with Gasteiger partial charge < -0.3 is 14.4 Å². The summed E-state index contributed by atoms with van der Waals surface area (Å²) in [6, 6.07) is 6.86. The van der Waals surface area contributed by atoms with Crippen LogP contribution in [0.1, 0.15) is 62.4 Å². The lowest BCUT2D eigenvalue weighted by Crippen LogP contribution is -2.54. The van der Waals surface area contributed by atoms with E-state index in [1.807, 2.05) is 32.6 Å². The SMILES string of the molecule is CC.CC.CSNC(=O)c1cc(C2CC2)c(OC2CN(c3ccc(OC(F)(F)F)c(Cl)c3)C2)cc1F. The number of anilines is 1. The predicted molar refractivity (Wildman–Crippen MR) is 137 cm³/mol. The van der Waals surface area contributed by atoms with Gasteiger partial charge >= 0.3 is 6.36 Å². The minimum atomic E-state index is -4.82. The van der Waals surface area contributed by atoms with Crippen LogP contribution in [0.25, 0.3) is 0 Å². The van der Waals surface area contributed by atoms with Crippen LogP contribution in [0, 0.1) is 5.82 Å². The number of nitrogens with one attached hydrogen (secondary N) is 1. The predicted octanol–water partition coefficient (Wildman–Crippen LogP) is 7.58. The Balaban J connectivity index is 0.00000109. The number of benzene rings is 2. The molecule has 2 aromatic carbocycles. The summed E-state index contributed by atoms with van der Waals surface area (Å²) in [6.07, 6.45) is -1.47. The van der Waals surface area contributed by atoms with Crippen molar-refractivity contribution in [2.45, 2.75) is 58.9 Å². The van der Waals surface area contributed by atoms with Crippen molar-refractivity contribution in [2.24, 2.45) is 0 Å². The van der Waals surface area contributed by atoms with Crippen molar-refractivity contribution < 1.29 is 31.8 Å². The molecule has 1 amide bonds. The number of hydrogen-bond donors (Lipinski definition) is 1. The molecule has 0 atom stereocenters. The van der Waals surface area contributed by atoms with Crippen LogP contribution in [0.4, 0.5) is 23.2 Å². The number of ether oxygens (including phenoxy) is 2. The Kier molecular flexibility index (Phi) is 11.0. The van der Waals surface area contributed by atoms with Crippen LogP contribution in [-0.2, 0) is 0 Å². The molecule has 1 saturated carbocycles. The van der Waals surface area contributed by atoms with E-state index in [0.29, 0.717) is 24.5 Å². The Bertz CT molecular complexity index is 1030. The first-order valence-electron chi connectivity index (χ1n) is 11.8. The Morgan fingerprint density at radius 2 is 1.72 bits per heavy atom. The van der Waals surface area contributed by atoms with Crippen LogP contribution >= 0.6 is 23.5 Å². The van der Waals surface area contributed by atoms with Gasteiger partial charge in [0.15, 0.2) is 0 Å². The number of halogens is 5. The highest BCUT2D eigenvalue weighted by Gasteiger charge is 2.35. The van der Waals surface area contributed by atoms with Gasteiger partial charge in [0.2, 0.25) is 0 Å². The summed E-state index contributed by atoms with van der Waals surface area (Å²) in [7, 11) is 0. The highest BCUT2D eigenvalue weighted by molar-refractivity contribution is 7.97. The second kappa shape index (κ2) is 13.3. The lowest BCUT2D eigenvalue weighted by molar-refractivity contribution is -0.274. The third-order valence-corrected chi connectivity index (χ3v) is 5.89. The third kappa shape index (κ3) is 7.83. The monoisotopic (exact) mass is 550 g/mol. The quantitative estimate of drug-likeness (QED) is 0.284. The topological polar surface area (TPSA) is 50.8 Å². The van der Waals surface area contributed by atoms with Crippen molar-refractivity contribution in [2.75, 3.05) is 24.2 Å². The molecule has 200 valence electrons. The molecule has 5 nitrogen and oxygen atoms in total. The molecule has 2 aromatic rings. The van der Waals surface area contributed by atoms with Gasteiger partial charge in [-0.2, -0.15) is 0 Å². The average molecular weight is 551 g/mol. The van der Waals surface area contributed by atoms with Crippen molar-refractivity contribution in [3.63, 3.8) is 0 Å². The highest BCUT2D eigenvalue weighted by atomic mass is 35.5. The molecule has 0 unspecified atom stereocenters. The third-order valence-electron chi connectivity index (χ3n) is 5.20. The summed E-state index contributed by atoms with van der Waals surface area (Å²) in [6.45, 7) is 8.91. The molecule has 1 heterocycles. The fourth-order valence-electron chi connectivity index (χ4n) is 3.51. The van der Waals surface area contributed by atoms with Gasteiger partial charge in [-0.1, -0.05) is 51.2 Å². The number of hydrogen-bond acceptors (Lipinski definition) is 5. The second-order valence-electron chi connectivity index (χ2n) is 7.59. The van der Waals surface area contributed by atoms with Gasteiger partial charge in [0.05, 0.1) is 23.7 Å². The molecule has 1 aliphatic carbocycles. The number of rotatable bonds is 7. The van der Waals surface area contributed by atoms with Crippen molar-refractivity contribution >= 4 is 35.1 Å². The van der Waals surface area contributed by atoms with Crippen LogP contribution in [0.5, 0.6) is 11.5 Å². The van der Waals surface area contributed by atoms with Gasteiger partial charge in [-0.25, -0.2) is 4.39 Å². The summed E-state index contributed by atoms with van der Waals surface area (Å²) in [5, 5.41) is -0.151. The lowest BCUT2D eigenvalue weighted by atomic mass is 10.0. The average Bonchev–Trinajstić information content (AvgIpc) is 3.65. The smallest absolute Gasteiger partial charge is 0.486 e. The molecule has 0 spiro atoms. The van der Waals surface area contributed by atoms with E-state index in [2.05, 4.69) is 9.46 Å². The first-order valence-corrected chi connectivity index (χ1v) is 13.4. The Morgan fingerprint density at radius 3 is 2.25 bits per heavy atom. The van der Waals surface area contributed by atoms with Crippen LogP contribution in [0.3, 0.4) is 0 Å². The van der Waals surface area contributed by atoms with E-state index in [1.54, 1.807) is 12.3 Å². The van der Waals surface area contributed by atoms with Crippen LogP contribution in [0.2, 0.25) is 5.02 Å². The van der Waals surface area contributed by atoms with E-state index in [-0.39, 0.29) is 22.6 Å². The minimum Gasteiger partial charge on any atom is -0.486 e. The fraction of sp³-hybridized carbons (Fsp3) is 0.480. The number of carbonyl (C=O) groups is 1. The van der Waals surface area contributed by atoms with E-state index in [4.69, 9.17) is 16.3 Å². The summed E-state index contributed by atoms with van der Waals surface area (Å²) in [5.41, 5.74) is 1.43. The van der Waals surface area contributed by atoms with Crippen molar-refractivity contribution in [3.8, 4) is 11.5 Å². The Hall–Kier alpha value is -2.33. The standard InChI is InChI=1S/C21H19ClF4N2O3S.2C2H6/c1-32-27-20(29)15-7-14(11-2-3-11)19(8-17(15)23)30-13-9-28(10-13)12-4-5-18(16(22)6-12)31-21(24,25)26;2*1-2/h4-8,11,13H,2-3,9-10H2,1H3,(H,27,29);2*1-2H3. The molecule has 1 aliphatic heterocycles. The molecule has 0 bridgehead atoms. The van der Waals surface area contributed by atoms with Gasteiger partial charge in [0, 0.05) is 18.0 Å². The van der Waals surface area contributed by atoms with E-state index < -0.39 is 23.8 Å². The zero-order chi connectivity index (χ0) is 27.0. The van der Waals surface area contributed by atoms with Crippen LogP contribution < -0.4 is 19.1 Å². The van der Waals surface area contributed by atoms with Crippen LogP contribution in [0.15, 0.2) is 30.3 Å². The number of alkyl halides is 3. The van der Waals surface area contributed by atoms with Gasteiger partial charge in [0.25, 0.3) is 5.91 Å². The number of amides is 1. The molecule has 11 heteroatoms. The summed E-state index contributed by atoms with van der Waals surface area (Å²) in [4.78, 5) is 14.0. The summed E-state index contributed by atoms with van der Waals surface area (Å²) >= 11 is 7.01. The van der Waals surface area contributed by atoms with E-state index in [0.717, 1.165) is 36.4 Å². The molecule has 2 fully saturated rings. The maximum Gasteiger partial charge on any atom is 0.573 e. The van der Waals surface area contributed by atoms with E-state index >= 15 is 0 Å². The largest absolute Gasteiger partial charge is 0.573 e. The molecule has 0 radical (unpaired) electrons. The second-order valence-corrected chi connectivity index (χ2v) is 8.61. The molecule has 4 rings (SSSR count). The number of carbonyl (C=O) groups excluding carboxylic acids is 1. The first-order chi connectivity index (χ1) is 17.1. The maximum atomic E-state index is 14.5. The number of nitrogens with zero attached hydrogens (tertiary/aromatic N) is 1. The minimum absolute atomic E-state index is 0.0142. The van der Waals surface area contributed by atoms with Gasteiger partial charge in [-0.3, -0.25) is 9.52 Å². The zero-order valence-electron chi connectivity index (χ0n) is 20.8. The molecule has 2 aliphatic rings. The van der Waals surface area contributed by atoms with E-state index in [9.17, 15) is 22.4 Å². The highest BCUT2D eigenvalue weighted by Crippen LogP contribution is 2.46.